The van der Waals surface area contributed by atoms with Crippen molar-refractivity contribution in [2.24, 2.45) is 16.8 Å². The molecule has 0 bridgehead atoms. The maximum absolute atomic E-state index is 12.5. The van der Waals surface area contributed by atoms with Crippen LogP contribution in [0.4, 0.5) is 13.2 Å². The maximum Gasteiger partial charge on any atom is 0.401 e. The summed E-state index contributed by atoms with van der Waals surface area (Å²) in [4.78, 5) is 12.3. The molecule has 3 rings (SSSR count). The van der Waals surface area contributed by atoms with Gasteiger partial charge in [-0.15, -0.1) is 0 Å². The Morgan fingerprint density at radius 2 is 2.07 bits per heavy atom. The van der Waals surface area contributed by atoms with Gasteiger partial charge in [-0.05, 0) is 31.2 Å². The van der Waals surface area contributed by atoms with Gasteiger partial charge in [0, 0.05) is 45.6 Å². The summed E-state index contributed by atoms with van der Waals surface area (Å²) in [5.74, 6) is 1.61. The lowest BCUT2D eigenvalue weighted by Gasteiger charge is -2.39. The number of hydrogen-bond acceptors (Lipinski definition) is 3. The smallest absolute Gasteiger partial charge is 0.356 e. The first kappa shape index (κ1) is 20.0. The highest BCUT2D eigenvalue weighted by Crippen LogP contribution is 2.27. The second kappa shape index (κ2) is 8.50. The number of alkyl halides is 3. The zero-order valence-corrected chi connectivity index (χ0v) is 16.0. The summed E-state index contributed by atoms with van der Waals surface area (Å²) in [7, 11) is 1.76. The Kier molecular flexibility index (Phi) is 6.29. The molecule has 2 aliphatic rings. The Morgan fingerprint density at radius 1 is 1.26 bits per heavy atom. The summed E-state index contributed by atoms with van der Waals surface area (Å²) in [5.41, 5.74) is 0. The molecule has 0 aromatic carbocycles. The molecular weight excluding hydrogens is 357 g/mol. The quantitative estimate of drug-likeness (QED) is 0.637. The van der Waals surface area contributed by atoms with Crippen molar-refractivity contribution in [1.29, 1.82) is 0 Å². The van der Waals surface area contributed by atoms with Crippen LogP contribution in [0.25, 0.3) is 0 Å². The van der Waals surface area contributed by atoms with E-state index in [0.29, 0.717) is 31.6 Å². The molecule has 1 N–H and O–H groups in total. The molecule has 0 amide bonds. The molecular formula is C18H29F3N6. The summed E-state index contributed by atoms with van der Waals surface area (Å²) in [5, 5.41) is 3.39. The van der Waals surface area contributed by atoms with E-state index in [1.54, 1.807) is 13.2 Å². The Bertz CT molecular complexity index is 615. The van der Waals surface area contributed by atoms with Gasteiger partial charge in [0.05, 0.1) is 18.9 Å². The van der Waals surface area contributed by atoms with Crippen molar-refractivity contribution in [3.63, 3.8) is 0 Å². The Morgan fingerprint density at radius 3 is 2.74 bits per heavy atom. The largest absolute Gasteiger partial charge is 0.401 e. The fourth-order valence-corrected chi connectivity index (χ4v) is 4.14. The lowest BCUT2D eigenvalue weighted by molar-refractivity contribution is -0.143. The molecule has 0 radical (unpaired) electrons. The predicted molar refractivity (Wildman–Crippen MR) is 98.6 cm³/mol. The lowest BCUT2D eigenvalue weighted by Crippen LogP contribution is -2.49. The van der Waals surface area contributed by atoms with E-state index in [4.69, 9.17) is 0 Å². The molecule has 3 atom stereocenters. The van der Waals surface area contributed by atoms with E-state index in [2.05, 4.69) is 31.7 Å². The molecule has 152 valence electrons. The number of piperidine rings is 1. The van der Waals surface area contributed by atoms with Crippen molar-refractivity contribution < 1.29 is 13.2 Å². The van der Waals surface area contributed by atoms with Crippen LogP contribution < -0.4 is 5.32 Å². The molecule has 27 heavy (non-hydrogen) atoms. The molecule has 2 saturated heterocycles. The second-order valence-electron chi connectivity index (χ2n) is 7.72. The van der Waals surface area contributed by atoms with E-state index in [9.17, 15) is 13.2 Å². The van der Waals surface area contributed by atoms with Gasteiger partial charge in [-0.1, -0.05) is 6.92 Å². The minimum Gasteiger partial charge on any atom is -0.356 e. The van der Waals surface area contributed by atoms with Crippen LogP contribution in [0, 0.1) is 11.8 Å². The number of imidazole rings is 1. The Hall–Kier alpha value is -1.77. The zero-order valence-electron chi connectivity index (χ0n) is 16.0. The van der Waals surface area contributed by atoms with Crippen molar-refractivity contribution in [1.82, 2.24) is 24.7 Å². The number of guanidine groups is 1. The molecule has 2 aliphatic heterocycles. The standard InChI is InChI=1S/C18H29F3N6/c1-14-3-7-26(11-16(14)27-8-5-23-13-27)17(22-2)24-9-15-4-6-25(10-15)12-18(19,20)21/h5,8,13-16H,3-4,6-7,9-12H2,1-2H3,(H,22,24). The molecule has 2 fully saturated rings. The van der Waals surface area contributed by atoms with E-state index in [-0.39, 0.29) is 5.92 Å². The number of aromatic nitrogens is 2. The first-order chi connectivity index (χ1) is 12.9. The van der Waals surface area contributed by atoms with Crippen LogP contribution in [0.5, 0.6) is 0 Å². The topological polar surface area (TPSA) is 48.7 Å². The summed E-state index contributed by atoms with van der Waals surface area (Å²) >= 11 is 0. The molecule has 6 nitrogen and oxygen atoms in total. The van der Waals surface area contributed by atoms with Crippen LogP contribution in [0.3, 0.4) is 0 Å². The van der Waals surface area contributed by atoms with E-state index < -0.39 is 12.7 Å². The minimum absolute atomic E-state index is 0.220. The third-order valence-electron chi connectivity index (χ3n) is 5.66. The third kappa shape index (κ3) is 5.37. The third-order valence-corrected chi connectivity index (χ3v) is 5.66. The average molecular weight is 386 g/mol. The lowest BCUT2D eigenvalue weighted by atomic mass is 9.93. The van der Waals surface area contributed by atoms with Crippen molar-refractivity contribution in [3.8, 4) is 0 Å². The highest BCUT2D eigenvalue weighted by Gasteiger charge is 2.34. The minimum atomic E-state index is -4.12. The predicted octanol–water partition coefficient (Wildman–Crippen LogP) is 2.23. The van der Waals surface area contributed by atoms with Crippen LogP contribution in [0.1, 0.15) is 25.8 Å². The maximum atomic E-state index is 12.5. The highest BCUT2D eigenvalue weighted by atomic mass is 19.4. The van der Waals surface area contributed by atoms with Crippen molar-refractivity contribution in [2.75, 3.05) is 46.3 Å². The molecule has 0 spiro atoms. The van der Waals surface area contributed by atoms with Gasteiger partial charge in [-0.2, -0.15) is 13.2 Å². The second-order valence-corrected chi connectivity index (χ2v) is 7.72. The van der Waals surface area contributed by atoms with Gasteiger partial charge < -0.3 is 14.8 Å². The number of aliphatic imine (C=N–C) groups is 1. The summed E-state index contributed by atoms with van der Waals surface area (Å²) < 4.78 is 39.8. The molecule has 3 heterocycles. The van der Waals surface area contributed by atoms with Crippen molar-refractivity contribution in [3.05, 3.63) is 18.7 Å². The first-order valence-electron chi connectivity index (χ1n) is 9.58. The van der Waals surface area contributed by atoms with E-state index in [0.717, 1.165) is 31.9 Å². The Labute approximate surface area is 158 Å². The molecule has 1 aromatic heterocycles. The van der Waals surface area contributed by atoms with Crippen LogP contribution in [0.15, 0.2) is 23.7 Å². The van der Waals surface area contributed by atoms with E-state index in [1.165, 1.54) is 4.90 Å². The van der Waals surface area contributed by atoms with Crippen LogP contribution in [-0.4, -0.2) is 77.8 Å². The monoisotopic (exact) mass is 386 g/mol. The van der Waals surface area contributed by atoms with Crippen molar-refractivity contribution in [2.45, 2.75) is 32.0 Å². The normalized spacial score (nSPS) is 28.0. The average Bonchev–Trinajstić information content (AvgIpc) is 3.27. The fourth-order valence-electron chi connectivity index (χ4n) is 4.14. The molecule has 3 unspecified atom stereocenters. The number of rotatable bonds is 4. The summed E-state index contributed by atoms with van der Waals surface area (Å²) in [6.07, 6.45) is 3.38. The van der Waals surface area contributed by atoms with Gasteiger partial charge in [-0.25, -0.2) is 4.98 Å². The van der Waals surface area contributed by atoms with Gasteiger partial charge >= 0.3 is 6.18 Å². The highest BCUT2D eigenvalue weighted by molar-refractivity contribution is 5.80. The number of halogens is 3. The fraction of sp³-hybridized carbons (Fsp3) is 0.778. The molecule has 1 aromatic rings. The van der Waals surface area contributed by atoms with Crippen molar-refractivity contribution >= 4 is 5.96 Å². The molecule has 0 saturated carbocycles. The summed E-state index contributed by atoms with van der Waals surface area (Å²) in [6.45, 7) is 4.87. The van der Waals surface area contributed by atoms with Gasteiger partial charge in [0.25, 0.3) is 0 Å². The first-order valence-corrected chi connectivity index (χ1v) is 9.58. The van der Waals surface area contributed by atoms with Crippen LogP contribution in [-0.2, 0) is 0 Å². The van der Waals surface area contributed by atoms with Gasteiger partial charge in [0.1, 0.15) is 0 Å². The number of likely N-dealkylation sites (tertiary alicyclic amines) is 2. The van der Waals surface area contributed by atoms with E-state index in [1.807, 2.05) is 12.5 Å². The molecule has 0 aliphatic carbocycles. The number of nitrogens with one attached hydrogen (secondary N) is 1. The van der Waals surface area contributed by atoms with Crippen LogP contribution >= 0.6 is 0 Å². The van der Waals surface area contributed by atoms with Gasteiger partial charge in [0.15, 0.2) is 5.96 Å². The number of nitrogens with zero attached hydrogens (tertiary/aromatic N) is 5. The Balaban J connectivity index is 1.51. The SMILES string of the molecule is CN=C(NCC1CCN(CC(F)(F)F)C1)N1CCC(C)C(n2ccnc2)C1. The zero-order chi connectivity index (χ0) is 19.4. The molecule has 9 heteroatoms. The number of hydrogen-bond donors (Lipinski definition) is 1. The van der Waals surface area contributed by atoms with Crippen LogP contribution in [0.2, 0.25) is 0 Å². The van der Waals surface area contributed by atoms with E-state index >= 15 is 0 Å². The van der Waals surface area contributed by atoms with Gasteiger partial charge in [-0.3, -0.25) is 9.89 Å². The summed E-state index contributed by atoms with van der Waals surface area (Å²) in [6, 6.07) is 0.341. The van der Waals surface area contributed by atoms with Gasteiger partial charge in [0.2, 0.25) is 0 Å².